The van der Waals surface area contributed by atoms with Gasteiger partial charge in [0.25, 0.3) is 0 Å². The van der Waals surface area contributed by atoms with Gasteiger partial charge in [0.05, 0.1) is 0 Å². The van der Waals surface area contributed by atoms with Crippen molar-refractivity contribution in [3.63, 3.8) is 0 Å². The van der Waals surface area contributed by atoms with E-state index >= 15 is 0 Å². The highest BCUT2D eigenvalue weighted by atomic mass is 32.2. The van der Waals surface area contributed by atoms with Crippen LogP contribution in [0.4, 0.5) is 0 Å². The number of carboxylic acids is 1. The molecule has 0 rings (SSSR count). The molecule has 0 radical (unpaired) electrons. The molecule has 0 aliphatic rings. The number of hydrogen-bond donors (Lipinski definition) is 1. The van der Waals surface area contributed by atoms with Crippen molar-refractivity contribution >= 4 is 23.7 Å². The van der Waals surface area contributed by atoms with Crippen LogP contribution >= 0.6 is 11.8 Å². The molecule has 0 heterocycles. The van der Waals surface area contributed by atoms with Crippen molar-refractivity contribution in [1.82, 2.24) is 0 Å². The number of hydrogen-bond acceptors (Lipinski definition) is 4. The summed E-state index contributed by atoms with van der Waals surface area (Å²) in [5.41, 5.74) is 0. The zero-order valence-corrected chi connectivity index (χ0v) is 8.10. The average Bonchev–Trinajstić information content (AvgIpc) is 1.99. The molecule has 0 amide bonds. The van der Waals surface area contributed by atoms with Crippen LogP contribution in [0.25, 0.3) is 0 Å². The standard InChI is InChI=1S/C7H12O4S/c1-5(8)11-4-7(2,12-3)6(9)10/h4H2,1-3H3,(H,9,10). The van der Waals surface area contributed by atoms with E-state index in [9.17, 15) is 9.59 Å². The number of esters is 1. The van der Waals surface area contributed by atoms with E-state index < -0.39 is 16.7 Å². The highest BCUT2D eigenvalue weighted by molar-refractivity contribution is 8.00. The molecule has 0 saturated heterocycles. The van der Waals surface area contributed by atoms with Crippen LogP contribution in [0.2, 0.25) is 0 Å². The fourth-order valence-corrected chi connectivity index (χ4v) is 0.799. The third-order valence-corrected chi connectivity index (χ3v) is 2.65. The Morgan fingerprint density at radius 3 is 2.33 bits per heavy atom. The summed E-state index contributed by atoms with van der Waals surface area (Å²) in [7, 11) is 0. The first-order chi connectivity index (χ1) is 5.42. The lowest BCUT2D eigenvalue weighted by molar-refractivity contribution is -0.146. The molecule has 0 aliphatic heterocycles. The van der Waals surface area contributed by atoms with Gasteiger partial charge in [-0.05, 0) is 13.2 Å². The number of carbonyl (C=O) groups excluding carboxylic acids is 1. The normalized spacial score (nSPS) is 14.9. The third kappa shape index (κ3) is 3.13. The van der Waals surface area contributed by atoms with E-state index in [4.69, 9.17) is 5.11 Å². The van der Waals surface area contributed by atoms with E-state index in [0.29, 0.717) is 0 Å². The number of thioether (sulfide) groups is 1. The van der Waals surface area contributed by atoms with Gasteiger partial charge in [-0.1, -0.05) is 0 Å². The summed E-state index contributed by atoms with van der Waals surface area (Å²) in [6.07, 6.45) is 1.66. The molecule has 0 aliphatic carbocycles. The minimum absolute atomic E-state index is 0.0984. The minimum Gasteiger partial charge on any atom is -0.480 e. The lowest BCUT2D eigenvalue weighted by Gasteiger charge is -2.20. The van der Waals surface area contributed by atoms with Crippen molar-refractivity contribution < 1.29 is 19.4 Å². The van der Waals surface area contributed by atoms with Crippen LogP contribution in [0.3, 0.4) is 0 Å². The van der Waals surface area contributed by atoms with Crippen LogP contribution in [0, 0.1) is 0 Å². The Labute approximate surface area is 75.3 Å². The van der Waals surface area contributed by atoms with Crippen molar-refractivity contribution in [3.8, 4) is 0 Å². The zero-order chi connectivity index (χ0) is 9.78. The lowest BCUT2D eigenvalue weighted by atomic mass is 10.2. The fourth-order valence-electron chi connectivity index (χ4n) is 0.447. The maximum Gasteiger partial charge on any atom is 0.323 e. The summed E-state index contributed by atoms with van der Waals surface area (Å²) in [6, 6.07) is 0. The SMILES string of the molecule is CSC(C)(COC(C)=O)C(=O)O. The van der Waals surface area contributed by atoms with E-state index in [1.165, 1.54) is 13.8 Å². The zero-order valence-electron chi connectivity index (χ0n) is 7.29. The molecule has 12 heavy (non-hydrogen) atoms. The van der Waals surface area contributed by atoms with E-state index in [-0.39, 0.29) is 6.61 Å². The molecule has 1 atom stereocenters. The van der Waals surface area contributed by atoms with E-state index in [2.05, 4.69) is 4.74 Å². The predicted molar refractivity (Wildman–Crippen MR) is 46.2 cm³/mol. The van der Waals surface area contributed by atoms with Crippen molar-refractivity contribution in [3.05, 3.63) is 0 Å². The Hall–Kier alpha value is -0.710. The van der Waals surface area contributed by atoms with Crippen molar-refractivity contribution in [2.45, 2.75) is 18.6 Å². The molecule has 0 aromatic heterocycles. The summed E-state index contributed by atoms with van der Waals surface area (Å²) >= 11 is 1.15. The molecule has 4 nitrogen and oxygen atoms in total. The molecule has 70 valence electrons. The second-order valence-electron chi connectivity index (χ2n) is 2.52. The topological polar surface area (TPSA) is 63.6 Å². The van der Waals surface area contributed by atoms with Gasteiger partial charge in [-0.2, -0.15) is 0 Å². The van der Waals surface area contributed by atoms with Gasteiger partial charge in [-0.25, -0.2) is 0 Å². The number of carbonyl (C=O) groups is 2. The summed E-state index contributed by atoms with van der Waals surface area (Å²) in [5.74, 6) is -1.44. The molecule has 0 spiro atoms. The van der Waals surface area contributed by atoms with E-state index in [0.717, 1.165) is 11.8 Å². The van der Waals surface area contributed by atoms with Crippen LogP contribution in [0.1, 0.15) is 13.8 Å². The second kappa shape index (κ2) is 4.35. The van der Waals surface area contributed by atoms with Crippen molar-refractivity contribution in [1.29, 1.82) is 0 Å². The summed E-state index contributed by atoms with van der Waals surface area (Å²) in [6.45, 7) is 2.67. The Balaban J connectivity index is 4.15. The Morgan fingerprint density at radius 2 is 2.08 bits per heavy atom. The van der Waals surface area contributed by atoms with Gasteiger partial charge in [0.2, 0.25) is 0 Å². The van der Waals surface area contributed by atoms with Crippen LogP contribution in [-0.4, -0.2) is 34.7 Å². The molecule has 0 aromatic carbocycles. The number of aliphatic carboxylic acids is 1. The van der Waals surface area contributed by atoms with Crippen LogP contribution in [0.5, 0.6) is 0 Å². The average molecular weight is 192 g/mol. The second-order valence-corrected chi connectivity index (χ2v) is 3.83. The maximum atomic E-state index is 10.7. The largest absolute Gasteiger partial charge is 0.480 e. The van der Waals surface area contributed by atoms with Gasteiger partial charge in [0.1, 0.15) is 11.4 Å². The molecular formula is C7H12O4S. The molecule has 0 aromatic rings. The van der Waals surface area contributed by atoms with E-state index in [1.54, 1.807) is 6.26 Å². The van der Waals surface area contributed by atoms with Gasteiger partial charge >= 0.3 is 11.9 Å². The number of rotatable bonds is 4. The molecular weight excluding hydrogens is 180 g/mol. The van der Waals surface area contributed by atoms with Crippen molar-refractivity contribution in [2.75, 3.05) is 12.9 Å². The Morgan fingerprint density at radius 1 is 1.58 bits per heavy atom. The summed E-state index contributed by atoms with van der Waals surface area (Å²) in [5, 5.41) is 8.73. The monoisotopic (exact) mass is 192 g/mol. The van der Waals surface area contributed by atoms with Crippen LogP contribution in [-0.2, 0) is 14.3 Å². The number of carboxylic acid groups (broad SMARTS) is 1. The molecule has 1 unspecified atom stereocenters. The molecule has 5 heteroatoms. The summed E-state index contributed by atoms with van der Waals surface area (Å²) in [4.78, 5) is 21.1. The van der Waals surface area contributed by atoms with E-state index in [1.807, 2.05) is 0 Å². The Bertz CT molecular complexity index is 192. The van der Waals surface area contributed by atoms with Gasteiger partial charge in [0, 0.05) is 6.92 Å². The van der Waals surface area contributed by atoms with Crippen LogP contribution < -0.4 is 0 Å². The molecule has 0 fully saturated rings. The van der Waals surface area contributed by atoms with Crippen LogP contribution in [0.15, 0.2) is 0 Å². The minimum atomic E-state index is -1.04. The highest BCUT2D eigenvalue weighted by Gasteiger charge is 2.33. The van der Waals surface area contributed by atoms with Gasteiger partial charge < -0.3 is 9.84 Å². The fraction of sp³-hybridized carbons (Fsp3) is 0.714. The smallest absolute Gasteiger partial charge is 0.323 e. The quantitative estimate of drug-likeness (QED) is 0.666. The van der Waals surface area contributed by atoms with Crippen molar-refractivity contribution in [2.24, 2.45) is 0 Å². The lowest BCUT2D eigenvalue weighted by Crippen LogP contribution is -2.37. The molecule has 0 saturated carbocycles. The first-order valence-electron chi connectivity index (χ1n) is 3.34. The predicted octanol–water partition coefficient (Wildman–Crippen LogP) is 0.756. The maximum absolute atomic E-state index is 10.7. The Kier molecular flexibility index (Phi) is 4.09. The molecule has 0 bridgehead atoms. The first-order valence-corrected chi connectivity index (χ1v) is 4.57. The first kappa shape index (κ1) is 11.3. The number of ether oxygens (including phenoxy) is 1. The third-order valence-electron chi connectivity index (χ3n) is 1.45. The molecule has 1 N–H and O–H groups in total. The van der Waals surface area contributed by atoms with Gasteiger partial charge in [0.15, 0.2) is 0 Å². The van der Waals surface area contributed by atoms with Gasteiger partial charge in [-0.3, -0.25) is 9.59 Å². The summed E-state index contributed by atoms with van der Waals surface area (Å²) < 4.78 is 3.58. The highest BCUT2D eigenvalue weighted by Crippen LogP contribution is 2.22. The van der Waals surface area contributed by atoms with Gasteiger partial charge in [-0.15, -0.1) is 11.8 Å².